The molecule has 0 aromatic carbocycles. The smallest absolute Gasteiger partial charge is 0.0184 e. The zero-order valence-electron chi connectivity index (χ0n) is 10.6. The van der Waals surface area contributed by atoms with E-state index in [-0.39, 0.29) is 0 Å². The van der Waals surface area contributed by atoms with Gasteiger partial charge in [0.25, 0.3) is 0 Å². The molecule has 0 saturated carbocycles. The summed E-state index contributed by atoms with van der Waals surface area (Å²) in [6.07, 6.45) is 1.14. The lowest BCUT2D eigenvalue weighted by molar-refractivity contribution is 0.193. The van der Waals surface area contributed by atoms with Crippen molar-refractivity contribution in [1.82, 2.24) is 4.90 Å². The lowest BCUT2D eigenvalue weighted by Gasteiger charge is -2.39. The first-order valence-electron chi connectivity index (χ1n) is 6.12. The maximum Gasteiger partial charge on any atom is 0.0184 e. The van der Waals surface area contributed by atoms with Gasteiger partial charge in [0.2, 0.25) is 0 Å². The summed E-state index contributed by atoms with van der Waals surface area (Å²) < 4.78 is 0. The third-order valence-corrected chi connectivity index (χ3v) is 4.60. The molecule has 1 heterocycles. The van der Waals surface area contributed by atoms with Gasteiger partial charge in [0, 0.05) is 36.2 Å². The molecular formula is C12H26N2S. The Morgan fingerprint density at radius 3 is 2.67 bits per heavy atom. The zero-order valence-corrected chi connectivity index (χ0v) is 11.4. The van der Waals surface area contributed by atoms with Gasteiger partial charge in [-0.15, -0.1) is 0 Å². The number of nitrogens with zero attached hydrogens (tertiary/aromatic N) is 1. The van der Waals surface area contributed by atoms with Crippen molar-refractivity contribution in [3.05, 3.63) is 0 Å². The Morgan fingerprint density at radius 1 is 1.40 bits per heavy atom. The highest BCUT2D eigenvalue weighted by atomic mass is 32.2. The number of nitrogens with two attached hydrogens (primary N) is 1. The van der Waals surface area contributed by atoms with Crippen molar-refractivity contribution in [2.75, 3.05) is 18.8 Å². The Labute approximate surface area is 99.0 Å². The zero-order chi connectivity index (χ0) is 11.4. The molecule has 0 bridgehead atoms. The van der Waals surface area contributed by atoms with E-state index >= 15 is 0 Å². The molecule has 0 radical (unpaired) electrons. The predicted octanol–water partition coefficient (Wildman–Crippen LogP) is 2.19. The van der Waals surface area contributed by atoms with E-state index in [0.29, 0.717) is 18.0 Å². The highest BCUT2D eigenvalue weighted by Gasteiger charge is 2.26. The molecule has 2 nitrogen and oxygen atoms in total. The molecule has 2 N–H and O–H groups in total. The number of hydrogen-bond donors (Lipinski definition) is 1. The molecule has 0 aromatic rings. The summed E-state index contributed by atoms with van der Waals surface area (Å²) in [5, 5.41) is 0.755. The molecule has 90 valence electrons. The molecule has 0 aliphatic carbocycles. The molecule has 0 spiro atoms. The van der Waals surface area contributed by atoms with Crippen LogP contribution in [0.5, 0.6) is 0 Å². The minimum atomic E-state index is 0.350. The fraction of sp³-hybridized carbons (Fsp3) is 1.00. The van der Waals surface area contributed by atoms with Crippen LogP contribution in [0.25, 0.3) is 0 Å². The van der Waals surface area contributed by atoms with Crippen molar-refractivity contribution < 1.29 is 0 Å². The summed E-state index contributed by atoms with van der Waals surface area (Å²) in [5.74, 6) is 1.98. The second-order valence-corrected chi connectivity index (χ2v) is 6.69. The fourth-order valence-electron chi connectivity index (χ4n) is 2.23. The molecule has 1 aliphatic rings. The van der Waals surface area contributed by atoms with Crippen LogP contribution < -0.4 is 5.73 Å². The van der Waals surface area contributed by atoms with Crippen LogP contribution in [-0.4, -0.2) is 41.1 Å². The predicted molar refractivity (Wildman–Crippen MR) is 70.4 cm³/mol. The van der Waals surface area contributed by atoms with Gasteiger partial charge in [0.15, 0.2) is 0 Å². The van der Waals surface area contributed by atoms with Crippen LogP contribution in [0.1, 0.15) is 34.1 Å². The Morgan fingerprint density at radius 2 is 2.07 bits per heavy atom. The standard InChI is InChI=1S/C12H26N2S/c1-9(2)7-12(13)8-14-5-6-15-11(4)10(14)3/h9-12H,5-8,13H2,1-4H3. The van der Waals surface area contributed by atoms with E-state index < -0.39 is 0 Å². The molecule has 0 aromatic heterocycles. The molecule has 1 fully saturated rings. The molecule has 1 rings (SSSR count). The van der Waals surface area contributed by atoms with Gasteiger partial charge in [0.05, 0.1) is 0 Å². The van der Waals surface area contributed by atoms with Crippen molar-refractivity contribution in [3.63, 3.8) is 0 Å². The van der Waals surface area contributed by atoms with Gasteiger partial charge < -0.3 is 5.73 Å². The van der Waals surface area contributed by atoms with Crippen molar-refractivity contribution in [2.45, 2.75) is 51.4 Å². The van der Waals surface area contributed by atoms with Crippen LogP contribution in [0.2, 0.25) is 0 Å². The molecule has 1 aliphatic heterocycles. The summed E-state index contributed by atoms with van der Waals surface area (Å²) in [4.78, 5) is 2.56. The second-order valence-electron chi connectivity index (χ2n) is 5.20. The summed E-state index contributed by atoms with van der Waals surface area (Å²) in [7, 11) is 0. The molecule has 3 heteroatoms. The molecule has 15 heavy (non-hydrogen) atoms. The van der Waals surface area contributed by atoms with E-state index in [0.717, 1.165) is 18.2 Å². The summed E-state index contributed by atoms with van der Waals surface area (Å²) in [5.41, 5.74) is 6.16. The molecule has 3 atom stereocenters. The maximum absolute atomic E-state index is 6.16. The third kappa shape index (κ3) is 4.33. The lowest BCUT2D eigenvalue weighted by Crippen LogP contribution is -2.49. The maximum atomic E-state index is 6.16. The van der Waals surface area contributed by atoms with Gasteiger partial charge in [-0.2, -0.15) is 11.8 Å². The third-order valence-electron chi connectivity index (χ3n) is 3.26. The van der Waals surface area contributed by atoms with Crippen LogP contribution in [0.4, 0.5) is 0 Å². The van der Waals surface area contributed by atoms with Crippen molar-refractivity contribution >= 4 is 11.8 Å². The summed E-state index contributed by atoms with van der Waals surface area (Å²) >= 11 is 2.09. The molecule has 3 unspecified atom stereocenters. The number of rotatable bonds is 4. The largest absolute Gasteiger partial charge is 0.327 e. The van der Waals surface area contributed by atoms with Crippen LogP contribution in [0.15, 0.2) is 0 Å². The van der Waals surface area contributed by atoms with E-state index in [1.54, 1.807) is 0 Å². The van der Waals surface area contributed by atoms with Crippen molar-refractivity contribution in [1.29, 1.82) is 0 Å². The molecular weight excluding hydrogens is 204 g/mol. The Bertz CT molecular complexity index is 184. The summed E-state index contributed by atoms with van der Waals surface area (Å²) in [6, 6.07) is 1.03. The van der Waals surface area contributed by atoms with Gasteiger partial charge in [0.1, 0.15) is 0 Å². The van der Waals surface area contributed by atoms with Crippen LogP contribution in [0, 0.1) is 5.92 Å². The topological polar surface area (TPSA) is 29.3 Å². The minimum Gasteiger partial charge on any atom is -0.327 e. The first-order valence-corrected chi connectivity index (χ1v) is 7.16. The monoisotopic (exact) mass is 230 g/mol. The van der Waals surface area contributed by atoms with Crippen LogP contribution >= 0.6 is 11.8 Å². The highest BCUT2D eigenvalue weighted by molar-refractivity contribution is 8.00. The normalized spacial score (nSPS) is 30.8. The Hall–Kier alpha value is 0.270. The van der Waals surface area contributed by atoms with Crippen molar-refractivity contribution in [2.24, 2.45) is 11.7 Å². The average Bonchev–Trinajstić information content (AvgIpc) is 2.11. The molecule has 0 amide bonds. The van der Waals surface area contributed by atoms with Gasteiger partial charge in [-0.3, -0.25) is 4.90 Å². The quantitative estimate of drug-likeness (QED) is 0.803. The van der Waals surface area contributed by atoms with E-state index in [2.05, 4.69) is 44.4 Å². The van der Waals surface area contributed by atoms with E-state index in [1.807, 2.05) is 0 Å². The van der Waals surface area contributed by atoms with E-state index in [1.165, 1.54) is 12.3 Å². The Kier molecular flexibility index (Phi) is 5.44. The lowest BCUT2D eigenvalue weighted by atomic mass is 10.0. The summed E-state index contributed by atoms with van der Waals surface area (Å²) in [6.45, 7) is 11.4. The number of thioether (sulfide) groups is 1. The Balaban J connectivity index is 2.36. The first kappa shape index (κ1) is 13.3. The van der Waals surface area contributed by atoms with Crippen LogP contribution in [-0.2, 0) is 0 Å². The van der Waals surface area contributed by atoms with Gasteiger partial charge in [-0.1, -0.05) is 20.8 Å². The van der Waals surface area contributed by atoms with Crippen LogP contribution in [0.3, 0.4) is 0 Å². The average molecular weight is 230 g/mol. The fourth-order valence-corrected chi connectivity index (χ4v) is 3.40. The highest BCUT2D eigenvalue weighted by Crippen LogP contribution is 2.24. The number of hydrogen-bond acceptors (Lipinski definition) is 3. The minimum absolute atomic E-state index is 0.350. The van der Waals surface area contributed by atoms with Gasteiger partial charge >= 0.3 is 0 Å². The van der Waals surface area contributed by atoms with Gasteiger partial charge in [-0.05, 0) is 19.3 Å². The van der Waals surface area contributed by atoms with E-state index in [4.69, 9.17) is 5.73 Å². The van der Waals surface area contributed by atoms with Crippen molar-refractivity contribution in [3.8, 4) is 0 Å². The SMILES string of the molecule is CC(C)CC(N)CN1CCSC(C)C1C. The molecule has 1 saturated heterocycles. The van der Waals surface area contributed by atoms with Gasteiger partial charge in [-0.25, -0.2) is 0 Å². The first-order chi connectivity index (χ1) is 7.00. The van der Waals surface area contributed by atoms with E-state index in [9.17, 15) is 0 Å². The second kappa shape index (κ2) is 6.12.